The summed E-state index contributed by atoms with van der Waals surface area (Å²) in [5.74, 6) is 0.00385. The fourth-order valence-electron chi connectivity index (χ4n) is 8.39. The zero-order chi connectivity index (χ0) is 44.5. The van der Waals surface area contributed by atoms with Crippen molar-refractivity contribution in [3.63, 3.8) is 0 Å². The van der Waals surface area contributed by atoms with E-state index in [2.05, 4.69) is 27.7 Å². The average molecular weight is 863 g/mol. The summed E-state index contributed by atoms with van der Waals surface area (Å²) in [4.78, 5) is 38.0. The molecule has 0 aromatic rings. The molecule has 61 heavy (non-hydrogen) atoms. The molecule has 6 nitrogen and oxygen atoms in total. The maximum absolute atomic E-state index is 12.8. The zero-order valence-corrected chi connectivity index (χ0v) is 41.6. The van der Waals surface area contributed by atoms with Gasteiger partial charge in [-0.15, -0.1) is 0 Å². The topological polar surface area (TPSA) is 78.9 Å². The molecule has 6 heteroatoms. The molecule has 0 saturated carbocycles. The largest absolute Gasteiger partial charge is 0.462 e. The third kappa shape index (κ3) is 49.3. The monoisotopic (exact) mass is 863 g/mol. The highest BCUT2D eigenvalue weighted by atomic mass is 16.6. The zero-order valence-electron chi connectivity index (χ0n) is 41.6. The number of unbranched alkanes of at least 4 members (excludes halogenated alkanes) is 37. The van der Waals surface area contributed by atoms with E-state index in [0.717, 1.165) is 63.7 Å². The van der Waals surface area contributed by atoms with Crippen LogP contribution in [0.5, 0.6) is 0 Å². The summed E-state index contributed by atoms with van der Waals surface area (Å²) in [6.45, 7) is 9.04. The van der Waals surface area contributed by atoms with E-state index < -0.39 is 6.10 Å². The van der Waals surface area contributed by atoms with E-state index in [9.17, 15) is 14.4 Å². The van der Waals surface area contributed by atoms with Crippen LogP contribution < -0.4 is 0 Å². The predicted molar refractivity (Wildman–Crippen MR) is 261 cm³/mol. The first-order chi connectivity index (χ1) is 29.9. The molecule has 0 unspecified atom stereocenters. The van der Waals surface area contributed by atoms with Gasteiger partial charge >= 0.3 is 17.9 Å². The van der Waals surface area contributed by atoms with Gasteiger partial charge in [-0.1, -0.05) is 272 Å². The molecule has 0 saturated heterocycles. The van der Waals surface area contributed by atoms with Crippen LogP contribution in [-0.4, -0.2) is 37.2 Å². The molecule has 0 aliphatic rings. The molecule has 0 heterocycles. The van der Waals surface area contributed by atoms with Gasteiger partial charge in [-0.25, -0.2) is 0 Å². The quantitative estimate of drug-likeness (QED) is 0.0344. The summed E-state index contributed by atoms with van der Waals surface area (Å²) < 4.78 is 16.8. The Morgan fingerprint density at radius 2 is 0.541 bits per heavy atom. The minimum atomic E-state index is -0.760. The fourth-order valence-corrected chi connectivity index (χ4v) is 8.39. The van der Waals surface area contributed by atoms with Gasteiger partial charge in [0.25, 0.3) is 0 Å². The molecule has 0 aromatic heterocycles. The van der Waals surface area contributed by atoms with Gasteiger partial charge in [0.1, 0.15) is 13.2 Å². The summed E-state index contributed by atoms with van der Waals surface area (Å²) in [6.07, 6.45) is 52.3. The number of ether oxygens (including phenoxy) is 3. The first-order valence-electron chi connectivity index (χ1n) is 27.4. The van der Waals surface area contributed by atoms with Crippen molar-refractivity contribution in [1.29, 1.82) is 0 Å². The van der Waals surface area contributed by atoms with Crippen molar-refractivity contribution in [2.75, 3.05) is 13.2 Å². The summed E-state index contributed by atoms with van der Waals surface area (Å²) in [5, 5.41) is 0. The van der Waals surface area contributed by atoms with Crippen molar-refractivity contribution in [1.82, 2.24) is 0 Å². The van der Waals surface area contributed by atoms with Gasteiger partial charge in [-0.05, 0) is 25.2 Å². The minimum absolute atomic E-state index is 0.0623. The van der Waals surface area contributed by atoms with Gasteiger partial charge in [-0.2, -0.15) is 0 Å². The maximum atomic E-state index is 12.8. The van der Waals surface area contributed by atoms with Crippen molar-refractivity contribution >= 4 is 17.9 Å². The third-order valence-corrected chi connectivity index (χ3v) is 12.5. The van der Waals surface area contributed by atoms with Gasteiger partial charge in [0.15, 0.2) is 6.10 Å². The molecular weight excluding hydrogens is 757 g/mol. The van der Waals surface area contributed by atoms with E-state index in [-0.39, 0.29) is 31.1 Å². The molecule has 0 N–H and O–H groups in total. The smallest absolute Gasteiger partial charge is 0.306 e. The number of hydrogen-bond donors (Lipinski definition) is 0. The Balaban J connectivity index is 4.26. The number of rotatable bonds is 50. The molecule has 0 rings (SSSR count). The van der Waals surface area contributed by atoms with E-state index in [1.807, 2.05) is 0 Å². The Labute approximate surface area is 380 Å². The third-order valence-electron chi connectivity index (χ3n) is 12.5. The Morgan fingerprint density at radius 3 is 0.803 bits per heavy atom. The number of hydrogen-bond acceptors (Lipinski definition) is 6. The lowest BCUT2D eigenvalue weighted by atomic mass is 10.0. The SMILES string of the molecule is CCCCCCCCCCCCCCCCCCC(=O)O[C@@H](COC(=O)CCCCCCCCCCCC)COC(=O)CCCCCCCCCCCCCCCCC(C)C. The summed E-state index contributed by atoms with van der Waals surface area (Å²) >= 11 is 0. The molecular formula is C55H106O6. The van der Waals surface area contributed by atoms with E-state index in [1.165, 1.54) is 205 Å². The van der Waals surface area contributed by atoms with Gasteiger partial charge in [0, 0.05) is 19.3 Å². The first kappa shape index (κ1) is 59.4. The molecule has 0 amide bonds. The molecule has 1 atom stereocenters. The molecule has 0 aromatic carbocycles. The lowest BCUT2D eigenvalue weighted by molar-refractivity contribution is -0.167. The van der Waals surface area contributed by atoms with Crippen LogP contribution in [0, 0.1) is 5.92 Å². The number of carbonyl (C=O) groups excluding carboxylic acids is 3. The highest BCUT2D eigenvalue weighted by Gasteiger charge is 2.19. The van der Waals surface area contributed by atoms with Crippen LogP contribution in [0.4, 0.5) is 0 Å². The van der Waals surface area contributed by atoms with Gasteiger partial charge in [-0.3, -0.25) is 14.4 Å². The molecule has 0 aliphatic carbocycles. The molecule has 0 aliphatic heterocycles. The van der Waals surface area contributed by atoms with E-state index in [1.54, 1.807) is 0 Å². The van der Waals surface area contributed by atoms with Gasteiger partial charge in [0.2, 0.25) is 0 Å². The fraction of sp³-hybridized carbons (Fsp3) is 0.945. The second kappa shape index (κ2) is 49.4. The Morgan fingerprint density at radius 1 is 0.311 bits per heavy atom. The lowest BCUT2D eigenvalue weighted by Gasteiger charge is -2.18. The van der Waals surface area contributed by atoms with Crippen LogP contribution in [0.3, 0.4) is 0 Å². The van der Waals surface area contributed by atoms with Crippen molar-refractivity contribution in [3.05, 3.63) is 0 Å². The molecule has 0 fully saturated rings. The van der Waals surface area contributed by atoms with E-state index in [4.69, 9.17) is 14.2 Å². The van der Waals surface area contributed by atoms with Crippen LogP contribution in [0.15, 0.2) is 0 Å². The van der Waals surface area contributed by atoms with E-state index >= 15 is 0 Å². The predicted octanol–water partition coefficient (Wildman–Crippen LogP) is 17.8. The van der Waals surface area contributed by atoms with Crippen molar-refractivity contribution in [3.8, 4) is 0 Å². The van der Waals surface area contributed by atoms with Crippen LogP contribution >= 0.6 is 0 Å². The highest BCUT2D eigenvalue weighted by molar-refractivity contribution is 5.71. The Kier molecular flexibility index (Phi) is 48.1. The maximum Gasteiger partial charge on any atom is 0.306 e. The van der Waals surface area contributed by atoms with Crippen LogP contribution in [0.25, 0.3) is 0 Å². The number of esters is 3. The minimum Gasteiger partial charge on any atom is -0.462 e. The Bertz CT molecular complexity index is 918. The van der Waals surface area contributed by atoms with Crippen LogP contribution in [0.1, 0.15) is 310 Å². The number of carbonyl (C=O) groups is 3. The van der Waals surface area contributed by atoms with Crippen molar-refractivity contribution in [2.24, 2.45) is 5.92 Å². The van der Waals surface area contributed by atoms with Gasteiger partial charge < -0.3 is 14.2 Å². The second-order valence-electron chi connectivity index (χ2n) is 19.3. The highest BCUT2D eigenvalue weighted by Crippen LogP contribution is 2.17. The first-order valence-corrected chi connectivity index (χ1v) is 27.4. The summed E-state index contributed by atoms with van der Waals surface area (Å²) in [7, 11) is 0. The molecule has 362 valence electrons. The Hall–Kier alpha value is -1.59. The van der Waals surface area contributed by atoms with Crippen molar-refractivity contribution < 1.29 is 28.6 Å². The molecule has 0 spiro atoms. The average Bonchev–Trinajstić information content (AvgIpc) is 3.24. The van der Waals surface area contributed by atoms with Crippen molar-refractivity contribution in [2.45, 2.75) is 316 Å². The molecule has 0 radical (unpaired) electrons. The standard InChI is InChI=1S/C55H106O6/c1-5-7-9-11-13-15-17-18-19-20-25-28-32-36-40-44-48-55(58)61-52(49-59-53(56)46-42-38-34-30-16-14-12-10-8-6-2)50-60-54(57)47-43-39-35-31-27-24-22-21-23-26-29-33-37-41-45-51(3)4/h51-52H,5-50H2,1-4H3/t52-/m0/s1. The van der Waals surface area contributed by atoms with Crippen LogP contribution in [-0.2, 0) is 28.6 Å². The normalized spacial score (nSPS) is 12.0. The lowest BCUT2D eigenvalue weighted by Crippen LogP contribution is -2.30. The van der Waals surface area contributed by atoms with Gasteiger partial charge in [0.05, 0.1) is 0 Å². The summed E-state index contributed by atoms with van der Waals surface area (Å²) in [6, 6.07) is 0. The molecule has 0 bridgehead atoms. The second-order valence-corrected chi connectivity index (χ2v) is 19.3. The van der Waals surface area contributed by atoms with E-state index in [0.29, 0.717) is 19.3 Å². The van der Waals surface area contributed by atoms with Crippen LogP contribution in [0.2, 0.25) is 0 Å². The summed E-state index contributed by atoms with van der Waals surface area (Å²) in [5.41, 5.74) is 0.